The number of rotatable bonds is 4. The second-order valence-corrected chi connectivity index (χ2v) is 13.0. The molecule has 2 aromatic rings. The van der Waals surface area contributed by atoms with Crippen molar-refractivity contribution in [2.45, 2.75) is 77.2 Å². The smallest absolute Gasteiger partial charge is 0.410 e. The monoisotopic (exact) mass is 626 g/mol. The number of hydrogen-bond donors (Lipinski definition) is 1. The highest BCUT2D eigenvalue weighted by Gasteiger charge is 2.29. The van der Waals surface area contributed by atoms with Crippen LogP contribution in [-0.4, -0.2) is 102 Å². The molecule has 0 aliphatic carbocycles. The average molecular weight is 627 g/mol. The van der Waals surface area contributed by atoms with Gasteiger partial charge in [0.05, 0.1) is 35.7 Å². The lowest BCUT2D eigenvalue weighted by atomic mass is 9.91. The summed E-state index contributed by atoms with van der Waals surface area (Å²) in [6, 6.07) is 3.53. The Morgan fingerprint density at radius 2 is 1.82 bits per heavy atom. The molecule has 1 aromatic carbocycles. The van der Waals surface area contributed by atoms with E-state index in [0.717, 1.165) is 31.5 Å². The minimum atomic E-state index is -0.875. The molecule has 5 rings (SSSR count). The van der Waals surface area contributed by atoms with Crippen molar-refractivity contribution < 1.29 is 33.3 Å². The summed E-state index contributed by atoms with van der Waals surface area (Å²) >= 11 is 0. The molecule has 5 atom stereocenters. The first kappa shape index (κ1) is 33.1. The van der Waals surface area contributed by atoms with E-state index in [2.05, 4.69) is 10.00 Å². The Bertz CT molecular complexity index is 1390. The van der Waals surface area contributed by atoms with Gasteiger partial charge in [-0.2, -0.15) is 5.10 Å². The summed E-state index contributed by atoms with van der Waals surface area (Å²) in [5.41, 5.74) is 2.07. The van der Waals surface area contributed by atoms with E-state index < -0.39 is 24.3 Å². The van der Waals surface area contributed by atoms with Gasteiger partial charge < -0.3 is 29.1 Å². The number of aliphatic hydroxyl groups is 1. The number of amides is 1. The highest BCUT2D eigenvalue weighted by Crippen LogP contribution is 2.30. The zero-order valence-corrected chi connectivity index (χ0v) is 26.9. The van der Waals surface area contributed by atoms with Crippen molar-refractivity contribution in [2.24, 2.45) is 11.8 Å². The molecule has 1 amide bonds. The van der Waals surface area contributed by atoms with Crippen molar-refractivity contribution in [3.63, 3.8) is 0 Å². The van der Waals surface area contributed by atoms with E-state index in [9.17, 15) is 14.7 Å². The van der Waals surface area contributed by atoms with E-state index in [1.165, 1.54) is 6.07 Å². The van der Waals surface area contributed by atoms with Crippen molar-refractivity contribution in [3.8, 4) is 0 Å². The molecule has 0 spiro atoms. The maximum atomic E-state index is 15.3. The fourth-order valence-electron chi connectivity index (χ4n) is 6.40. The van der Waals surface area contributed by atoms with Crippen LogP contribution < -0.4 is 0 Å². The van der Waals surface area contributed by atoms with Gasteiger partial charge >= 0.3 is 12.1 Å². The van der Waals surface area contributed by atoms with Crippen LogP contribution in [0.1, 0.15) is 64.5 Å². The number of esters is 1. The molecule has 1 aromatic heterocycles. The maximum Gasteiger partial charge on any atom is 0.410 e. The number of piperazine rings is 1. The minimum Gasteiger partial charge on any atom is -0.457 e. The number of carbonyl (C=O) groups excluding carboxylic acids is 2. The summed E-state index contributed by atoms with van der Waals surface area (Å²) in [4.78, 5) is 29.9. The molecule has 3 aliphatic heterocycles. The third kappa shape index (κ3) is 8.31. The van der Waals surface area contributed by atoms with Crippen molar-refractivity contribution in [1.29, 1.82) is 0 Å². The largest absolute Gasteiger partial charge is 0.457 e. The Hall–Kier alpha value is -3.28. The molecule has 4 heterocycles. The molecule has 0 radical (unpaired) electrons. The van der Waals surface area contributed by atoms with Gasteiger partial charge in [-0.1, -0.05) is 26.0 Å². The average Bonchev–Trinajstić information content (AvgIpc) is 3.45. The number of benzene rings is 1. The number of fused-ring (bicyclic) bond motifs is 1. The van der Waals surface area contributed by atoms with Crippen molar-refractivity contribution in [3.05, 3.63) is 47.4 Å². The summed E-state index contributed by atoms with van der Waals surface area (Å²) in [7, 11) is 2.03. The van der Waals surface area contributed by atoms with Crippen LogP contribution in [0, 0.1) is 17.7 Å². The predicted octanol–water partition coefficient (Wildman–Crippen LogP) is 4.97. The standard InChI is InChI=1S/C34H47FN4O6/c1-22-5-7-27(40)20-32(41)45-33(23(2)6-8-31(22)44-34(42)38-13-11-37(4)12-14-38)24(3)17-25-18-29(35)28-21-36-39(30(28)19-25)26-9-15-43-16-10-26/h6,8,17-19,21-23,26-27,31,33,40H,5,7,9-16,20H2,1-4H3/b8-6+,24-17+/t22-,23-,27-,31+,33-/m1/s1. The van der Waals surface area contributed by atoms with E-state index in [-0.39, 0.29) is 36.2 Å². The molecule has 45 heavy (non-hydrogen) atoms. The lowest BCUT2D eigenvalue weighted by Crippen LogP contribution is -2.48. The minimum absolute atomic E-state index is 0.0691. The zero-order valence-electron chi connectivity index (χ0n) is 26.9. The maximum absolute atomic E-state index is 15.3. The number of aromatic nitrogens is 2. The lowest BCUT2D eigenvalue weighted by molar-refractivity contribution is -0.151. The van der Waals surface area contributed by atoms with E-state index in [1.807, 2.05) is 56.8 Å². The Morgan fingerprint density at radius 1 is 1.09 bits per heavy atom. The molecular weight excluding hydrogens is 579 g/mol. The number of aliphatic hydroxyl groups excluding tert-OH is 1. The summed E-state index contributed by atoms with van der Waals surface area (Å²) in [6.45, 7) is 9.89. The quantitative estimate of drug-likeness (QED) is 0.375. The van der Waals surface area contributed by atoms with Crippen LogP contribution in [0.5, 0.6) is 0 Å². The van der Waals surface area contributed by atoms with Gasteiger partial charge in [0, 0.05) is 45.3 Å². The molecule has 2 fully saturated rings. The Morgan fingerprint density at radius 3 is 2.56 bits per heavy atom. The second kappa shape index (κ2) is 14.9. The van der Waals surface area contributed by atoms with E-state index >= 15 is 4.39 Å². The molecule has 246 valence electrons. The number of cyclic esters (lactones) is 1. The van der Waals surface area contributed by atoms with Gasteiger partial charge in [0.15, 0.2) is 0 Å². The Balaban J connectivity index is 1.40. The molecule has 11 heteroatoms. The topological polar surface area (TPSA) is 106 Å². The van der Waals surface area contributed by atoms with Gasteiger partial charge in [-0.15, -0.1) is 0 Å². The van der Waals surface area contributed by atoms with Crippen LogP contribution in [0.15, 0.2) is 36.1 Å². The summed E-state index contributed by atoms with van der Waals surface area (Å²) < 4.78 is 34.6. The first-order chi connectivity index (χ1) is 21.6. The molecule has 2 saturated heterocycles. The van der Waals surface area contributed by atoms with Crippen molar-refractivity contribution >= 4 is 29.0 Å². The number of halogens is 1. The first-order valence-electron chi connectivity index (χ1n) is 16.2. The van der Waals surface area contributed by atoms with Crippen LogP contribution in [0.2, 0.25) is 0 Å². The molecule has 0 saturated carbocycles. The number of carbonyl (C=O) groups is 2. The Kier molecular flexibility index (Phi) is 10.9. The SMILES string of the molecule is C/C(=C\c1cc(F)c2cnn(C3CCOCC3)c2c1)[C@@H]1OC(=O)C[C@H](O)CC[C@@H](C)[C@@H](OC(=O)N2CCN(C)CC2)/C=C/[C@H]1C. The summed E-state index contributed by atoms with van der Waals surface area (Å²) in [5.74, 6) is -1.22. The zero-order chi connectivity index (χ0) is 32.1. The van der Waals surface area contributed by atoms with Crippen LogP contribution >= 0.6 is 0 Å². The summed E-state index contributed by atoms with van der Waals surface area (Å²) in [5, 5.41) is 15.6. The van der Waals surface area contributed by atoms with Gasteiger partial charge in [0.25, 0.3) is 0 Å². The van der Waals surface area contributed by atoms with Crippen molar-refractivity contribution in [1.82, 2.24) is 19.6 Å². The first-order valence-corrected chi connectivity index (χ1v) is 16.2. The third-order valence-electron chi connectivity index (χ3n) is 9.32. The molecular formula is C34H47FN4O6. The fraction of sp³-hybridized carbons (Fsp3) is 0.618. The van der Waals surface area contributed by atoms with Crippen LogP contribution in [0.25, 0.3) is 17.0 Å². The number of ether oxygens (including phenoxy) is 3. The second-order valence-electron chi connectivity index (χ2n) is 13.0. The van der Waals surface area contributed by atoms with Crippen molar-refractivity contribution in [2.75, 3.05) is 46.4 Å². The van der Waals surface area contributed by atoms with Gasteiger partial charge in [0.1, 0.15) is 18.0 Å². The van der Waals surface area contributed by atoms with Gasteiger partial charge in [-0.3, -0.25) is 9.48 Å². The van der Waals surface area contributed by atoms with Crippen LogP contribution in [0.4, 0.5) is 9.18 Å². The van der Waals surface area contributed by atoms with Gasteiger partial charge in [-0.05, 0) is 74.9 Å². The normalized spacial score (nSPS) is 29.1. The van der Waals surface area contributed by atoms with Crippen LogP contribution in [0.3, 0.4) is 0 Å². The number of likely N-dealkylation sites (N-methyl/N-ethyl adjacent to an activating group) is 1. The summed E-state index contributed by atoms with van der Waals surface area (Å²) in [6.07, 6.45) is 7.26. The van der Waals surface area contributed by atoms with Crippen LogP contribution in [-0.2, 0) is 19.0 Å². The molecule has 1 N–H and O–H groups in total. The van der Waals surface area contributed by atoms with Gasteiger partial charge in [0.2, 0.25) is 0 Å². The molecule has 0 unspecified atom stereocenters. The number of hydrogen-bond acceptors (Lipinski definition) is 8. The predicted molar refractivity (Wildman–Crippen MR) is 169 cm³/mol. The lowest BCUT2D eigenvalue weighted by Gasteiger charge is -2.33. The van der Waals surface area contributed by atoms with Gasteiger partial charge in [-0.25, -0.2) is 9.18 Å². The molecule has 0 bridgehead atoms. The third-order valence-corrected chi connectivity index (χ3v) is 9.32. The molecule has 3 aliphatic rings. The molecule has 10 nitrogen and oxygen atoms in total. The van der Waals surface area contributed by atoms with E-state index in [1.54, 1.807) is 11.1 Å². The van der Waals surface area contributed by atoms with E-state index in [4.69, 9.17) is 14.2 Å². The fourth-order valence-corrected chi connectivity index (χ4v) is 6.40. The Labute approximate surface area is 264 Å². The highest BCUT2D eigenvalue weighted by molar-refractivity contribution is 5.82. The van der Waals surface area contributed by atoms with E-state index in [0.29, 0.717) is 55.6 Å². The number of nitrogens with zero attached hydrogens (tertiary/aromatic N) is 4. The highest BCUT2D eigenvalue weighted by atomic mass is 19.1.